The minimum Gasteiger partial charge on any atom is -0.489 e. The predicted octanol–water partition coefficient (Wildman–Crippen LogP) is 2.72. The number of nitrogens with one attached hydrogen (secondary N) is 1. The van der Waals surface area contributed by atoms with Crippen LogP contribution in [0.1, 0.15) is 35.1 Å². The molecule has 1 aliphatic carbocycles. The first-order valence-electron chi connectivity index (χ1n) is 10.2. The first-order valence-corrected chi connectivity index (χ1v) is 10.2. The number of halogens is 3. The average Bonchev–Trinajstić information content (AvgIpc) is 3.08. The Hall–Kier alpha value is -3.04. The van der Waals surface area contributed by atoms with E-state index in [1.807, 2.05) is 6.92 Å². The Morgan fingerprint density at radius 2 is 2.06 bits per heavy atom. The standard InChI is InChI=1S/C21H23F3N4O3/c1-3-28-15-9-8-12(21(22,23)24)10-13(15)18(26-28)19(29)25-14-11-31-17-7-5-4-6-16(17)27(2)20(14)30/h4-7,12,14H,3,8-11H2,1-2H3,(H,25,29)/t12-,14+/m1/s1. The quantitative estimate of drug-likeness (QED) is 0.803. The lowest BCUT2D eigenvalue weighted by atomic mass is 9.85. The van der Waals surface area contributed by atoms with Gasteiger partial charge in [-0.15, -0.1) is 0 Å². The molecule has 2 atom stereocenters. The highest BCUT2D eigenvalue weighted by Gasteiger charge is 2.43. The lowest BCUT2D eigenvalue weighted by molar-refractivity contribution is -0.177. The van der Waals surface area contributed by atoms with Gasteiger partial charge in [-0.05, 0) is 38.3 Å². The van der Waals surface area contributed by atoms with E-state index in [1.54, 1.807) is 36.0 Å². The van der Waals surface area contributed by atoms with Crippen molar-refractivity contribution in [1.29, 1.82) is 0 Å². The number of ether oxygens (including phenoxy) is 1. The zero-order valence-corrected chi connectivity index (χ0v) is 17.2. The summed E-state index contributed by atoms with van der Waals surface area (Å²) < 4.78 is 47.2. The third kappa shape index (κ3) is 3.86. The van der Waals surface area contributed by atoms with Gasteiger partial charge in [-0.2, -0.15) is 18.3 Å². The molecule has 0 fully saturated rings. The summed E-state index contributed by atoms with van der Waals surface area (Å²) in [5.41, 5.74) is 1.49. The Labute approximate surface area is 177 Å². The minimum absolute atomic E-state index is 0.0265. The van der Waals surface area contributed by atoms with Crippen molar-refractivity contribution in [2.45, 2.75) is 44.9 Å². The van der Waals surface area contributed by atoms with Crippen LogP contribution >= 0.6 is 0 Å². The highest BCUT2D eigenvalue weighted by molar-refractivity contribution is 6.03. The molecule has 2 amide bonds. The van der Waals surface area contributed by atoms with Crippen LogP contribution < -0.4 is 15.0 Å². The van der Waals surface area contributed by atoms with Gasteiger partial charge in [0, 0.05) is 24.8 Å². The Balaban J connectivity index is 1.58. The summed E-state index contributed by atoms with van der Waals surface area (Å²) in [5.74, 6) is -2.05. The molecule has 2 aromatic rings. The molecule has 0 radical (unpaired) electrons. The number of anilines is 1. The van der Waals surface area contributed by atoms with E-state index in [0.717, 1.165) is 0 Å². The zero-order valence-electron chi connectivity index (χ0n) is 17.2. The molecule has 0 unspecified atom stereocenters. The van der Waals surface area contributed by atoms with E-state index in [4.69, 9.17) is 4.74 Å². The molecule has 1 aliphatic heterocycles. The summed E-state index contributed by atoms with van der Waals surface area (Å²) in [4.78, 5) is 27.3. The second-order valence-corrected chi connectivity index (χ2v) is 7.77. The summed E-state index contributed by atoms with van der Waals surface area (Å²) in [6.07, 6.45) is -4.44. The molecule has 0 bridgehead atoms. The lowest BCUT2D eigenvalue weighted by Crippen LogP contribution is -2.49. The molecule has 2 heterocycles. The van der Waals surface area contributed by atoms with Crippen molar-refractivity contribution in [3.05, 3.63) is 41.2 Å². The van der Waals surface area contributed by atoms with Gasteiger partial charge in [0.1, 0.15) is 18.4 Å². The van der Waals surface area contributed by atoms with Crippen LogP contribution in [-0.2, 0) is 24.2 Å². The second kappa shape index (κ2) is 7.90. The molecule has 1 aromatic carbocycles. The maximum absolute atomic E-state index is 13.3. The number of fused-ring (bicyclic) bond motifs is 2. The average molecular weight is 436 g/mol. The van der Waals surface area contributed by atoms with Gasteiger partial charge < -0.3 is 15.0 Å². The number of hydrogen-bond acceptors (Lipinski definition) is 4. The van der Waals surface area contributed by atoms with E-state index in [2.05, 4.69) is 10.4 Å². The van der Waals surface area contributed by atoms with Crippen molar-refractivity contribution in [1.82, 2.24) is 15.1 Å². The van der Waals surface area contributed by atoms with E-state index >= 15 is 0 Å². The SMILES string of the molecule is CCn1nc(C(=O)N[C@H]2COc3ccccc3N(C)C2=O)c2c1CC[C@@H](C(F)(F)F)C2. The Bertz CT molecular complexity index is 1020. The van der Waals surface area contributed by atoms with Gasteiger partial charge in [0.15, 0.2) is 5.69 Å². The molecule has 4 rings (SSSR count). The number of carbonyl (C=O) groups is 2. The Morgan fingerprint density at radius 3 is 2.77 bits per heavy atom. The smallest absolute Gasteiger partial charge is 0.392 e. The largest absolute Gasteiger partial charge is 0.489 e. The van der Waals surface area contributed by atoms with E-state index in [9.17, 15) is 22.8 Å². The molecule has 1 aromatic heterocycles. The van der Waals surface area contributed by atoms with E-state index < -0.39 is 24.0 Å². The number of benzene rings is 1. The van der Waals surface area contributed by atoms with Crippen LogP contribution in [0.4, 0.5) is 18.9 Å². The first kappa shape index (κ1) is 21.2. The Morgan fingerprint density at radius 1 is 1.32 bits per heavy atom. The van der Waals surface area contributed by atoms with Crippen molar-refractivity contribution in [2.75, 3.05) is 18.6 Å². The van der Waals surface area contributed by atoms with Crippen molar-refractivity contribution < 1.29 is 27.5 Å². The number of likely N-dealkylation sites (N-methyl/N-ethyl adjacent to an activating group) is 1. The van der Waals surface area contributed by atoms with Gasteiger partial charge in [0.25, 0.3) is 11.8 Å². The number of carbonyl (C=O) groups excluding carboxylic acids is 2. The number of aromatic nitrogens is 2. The highest BCUT2D eigenvalue weighted by atomic mass is 19.4. The fourth-order valence-corrected chi connectivity index (χ4v) is 4.19. The number of amides is 2. The molecular weight excluding hydrogens is 413 g/mol. The summed E-state index contributed by atoms with van der Waals surface area (Å²) in [6, 6.07) is 6.00. The van der Waals surface area contributed by atoms with Gasteiger partial charge in [-0.1, -0.05) is 12.1 Å². The number of hydrogen-bond donors (Lipinski definition) is 1. The molecule has 1 N–H and O–H groups in total. The van der Waals surface area contributed by atoms with E-state index in [1.165, 1.54) is 4.90 Å². The normalized spacial score (nSPS) is 21.1. The fraction of sp³-hybridized carbons (Fsp3) is 0.476. The molecule has 0 saturated carbocycles. The topological polar surface area (TPSA) is 76.5 Å². The van der Waals surface area contributed by atoms with Gasteiger partial charge >= 0.3 is 6.18 Å². The number of nitrogens with zero attached hydrogens (tertiary/aromatic N) is 3. The summed E-state index contributed by atoms with van der Waals surface area (Å²) >= 11 is 0. The molecule has 31 heavy (non-hydrogen) atoms. The summed E-state index contributed by atoms with van der Waals surface area (Å²) in [5, 5.41) is 6.89. The summed E-state index contributed by atoms with van der Waals surface area (Å²) in [7, 11) is 1.58. The van der Waals surface area contributed by atoms with Gasteiger partial charge in [0.05, 0.1) is 11.6 Å². The lowest BCUT2D eigenvalue weighted by Gasteiger charge is -2.25. The van der Waals surface area contributed by atoms with E-state index in [0.29, 0.717) is 29.2 Å². The van der Waals surface area contributed by atoms with Crippen molar-refractivity contribution in [3.63, 3.8) is 0 Å². The maximum atomic E-state index is 13.3. The van der Waals surface area contributed by atoms with Crippen molar-refractivity contribution in [2.24, 2.45) is 5.92 Å². The monoisotopic (exact) mass is 436 g/mol. The Kier molecular flexibility index (Phi) is 5.40. The zero-order chi connectivity index (χ0) is 22.3. The molecule has 0 spiro atoms. The van der Waals surface area contributed by atoms with Crippen LogP contribution in [0.2, 0.25) is 0 Å². The third-order valence-electron chi connectivity index (χ3n) is 5.89. The van der Waals surface area contributed by atoms with Crippen LogP contribution in [0.3, 0.4) is 0 Å². The van der Waals surface area contributed by atoms with Crippen LogP contribution in [0.15, 0.2) is 24.3 Å². The first-order chi connectivity index (χ1) is 14.7. The molecule has 166 valence electrons. The highest BCUT2D eigenvalue weighted by Crippen LogP contribution is 2.38. The molecule has 10 heteroatoms. The van der Waals surface area contributed by atoms with Gasteiger partial charge in [0.2, 0.25) is 0 Å². The maximum Gasteiger partial charge on any atom is 0.392 e. The molecule has 2 aliphatic rings. The van der Waals surface area contributed by atoms with Gasteiger partial charge in [-0.25, -0.2) is 0 Å². The minimum atomic E-state index is -4.33. The van der Waals surface area contributed by atoms with Crippen molar-refractivity contribution >= 4 is 17.5 Å². The number of alkyl halides is 3. The van der Waals surface area contributed by atoms with E-state index in [-0.39, 0.29) is 37.5 Å². The number of rotatable bonds is 3. The van der Waals surface area contributed by atoms with Crippen molar-refractivity contribution in [3.8, 4) is 5.75 Å². The molecular formula is C21H23F3N4O3. The third-order valence-corrected chi connectivity index (χ3v) is 5.89. The van der Waals surface area contributed by atoms with Crippen LogP contribution in [0, 0.1) is 5.92 Å². The van der Waals surface area contributed by atoms with Crippen LogP contribution in [-0.4, -0.2) is 47.5 Å². The molecule has 7 nitrogen and oxygen atoms in total. The summed E-state index contributed by atoms with van der Waals surface area (Å²) in [6.45, 7) is 2.17. The second-order valence-electron chi connectivity index (χ2n) is 7.77. The number of para-hydroxylation sites is 2. The number of aryl methyl sites for hydroxylation is 1. The van der Waals surface area contributed by atoms with Crippen LogP contribution in [0.5, 0.6) is 5.75 Å². The van der Waals surface area contributed by atoms with Gasteiger partial charge in [-0.3, -0.25) is 14.3 Å². The fourth-order valence-electron chi connectivity index (χ4n) is 4.19. The predicted molar refractivity (Wildman–Crippen MR) is 106 cm³/mol. The van der Waals surface area contributed by atoms with Crippen LogP contribution in [0.25, 0.3) is 0 Å². The molecule has 0 saturated heterocycles.